The van der Waals surface area contributed by atoms with Gasteiger partial charge in [-0.3, -0.25) is 4.79 Å². The number of hydrogen-bond donors (Lipinski definition) is 1. The van der Waals surface area contributed by atoms with E-state index in [4.69, 9.17) is 21.1 Å². The molecule has 0 bridgehead atoms. The molecule has 0 saturated carbocycles. The van der Waals surface area contributed by atoms with Crippen molar-refractivity contribution in [2.45, 2.75) is 13.8 Å². The Kier molecular flexibility index (Phi) is 7.88. The Labute approximate surface area is 201 Å². The smallest absolute Gasteiger partial charge is 0.341 e. The van der Waals surface area contributed by atoms with E-state index in [1.54, 1.807) is 42.5 Å². The molecule has 0 fully saturated rings. The molecule has 3 rings (SSSR count). The molecule has 1 N–H and O–H groups in total. The van der Waals surface area contributed by atoms with Crippen LogP contribution in [-0.2, 0) is 9.53 Å². The standard InChI is InChI=1S/C25H21ClN2O4S/c1-4-32-20-10-8-16(9-11-20)12-18(14-27)23(29)28-24-22(25(30)31-3)21(15(2)33-24)17-6-5-7-19(26)13-17/h5-13H,4H2,1-3H3,(H,28,29)/b18-12+. The van der Waals surface area contributed by atoms with Gasteiger partial charge in [0.25, 0.3) is 5.91 Å². The van der Waals surface area contributed by atoms with E-state index in [2.05, 4.69) is 5.32 Å². The van der Waals surface area contributed by atoms with Crippen molar-refractivity contribution in [3.8, 4) is 22.9 Å². The zero-order chi connectivity index (χ0) is 24.0. The second-order valence-electron chi connectivity index (χ2n) is 6.87. The molecule has 0 unspecified atom stereocenters. The van der Waals surface area contributed by atoms with Gasteiger partial charge in [-0.2, -0.15) is 5.26 Å². The van der Waals surface area contributed by atoms with Crippen LogP contribution >= 0.6 is 22.9 Å². The number of esters is 1. The first kappa shape index (κ1) is 24.1. The average molecular weight is 481 g/mol. The largest absolute Gasteiger partial charge is 0.494 e. The van der Waals surface area contributed by atoms with E-state index in [0.717, 1.165) is 10.4 Å². The van der Waals surface area contributed by atoms with E-state index in [-0.39, 0.29) is 11.1 Å². The Balaban J connectivity index is 1.96. The number of nitrogens with zero attached hydrogens (tertiary/aromatic N) is 1. The van der Waals surface area contributed by atoms with Crippen molar-refractivity contribution in [2.75, 3.05) is 19.0 Å². The summed E-state index contributed by atoms with van der Waals surface area (Å²) in [4.78, 5) is 26.3. The lowest BCUT2D eigenvalue weighted by Gasteiger charge is -2.08. The number of aryl methyl sites for hydroxylation is 1. The first-order chi connectivity index (χ1) is 15.9. The lowest BCUT2D eigenvalue weighted by atomic mass is 10.0. The number of nitrogens with one attached hydrogen (secondary N) is 1. The number of hydrogen-bond acceptors (Lipinski definition) is 6. The highest BCUT2D eigenvalue weighted by atomic mass is 35.5. The van der Waals surface area contributed by atoms with Crippen LogP contribution < -0.4 is 10.1 Å². The van der Waals surface area contributed by atoms with Gasteiger partial charge in [-0.05, 0) is 55.3 Å². The highest BCUT2D eigenvalue weighted by Crippen LogP contribution is 2.41. The number of methoxy groups -OCH3 is 1. The Morgan fingerprint density at radius 3 is 2.55 bits per heavy atom. The molecule has 6 nitrogen and oxygen atoms in total. The van der Waals surface area contributed by atoms with Gasteiger partial charge in [-0.25, -0.2) is 4.79 Å². The second kappa shape index (κ2) is 10.8. The third-order valence-corrected chi connectivity index (χ3v) is 5.94. The normalized spacial score (nSPS) is 10.9. The molecule has 0 aliphatic rings. The van der Waals surface area contributed by atoms with Crippen LogP contribution in [0.2, 0.25) is 5.02 Å². The van der Waals surface area contributed by atoms with Gasteiger partial charge in [-0.15, -0.1) is 11.3 Å². The van der Waals surface area contributed by atoms with Crippen molar-refractivity contribution < 1.29 is 19.1 Å². The number of carbonyl (C=O) groups excluding carboxylic acids is 2. The maximum Gasteiger partial charge on any atom is 0.341 e. The van der Waals surface area contributed by atoms with Gasteiger partial charge >= 0.3 is 5.97 Å². The molecule has 168 valence electrons. The molecular weight excluding hydrogens is 460 g/mol. The first-order valence-corrected chi connectivity index (χ1v) is 11.2. The zero-order valence-corrected chi connectivity index (χ0v) is 19.8. The molecule has 1 amide bonds. The molecule has 8 heteroatoms. The van der Waals surface area contributed by atoms with Crippen LogP contribution in [0.5, 0.6) is 5.75 Å². The van der Waals surface area contributed by atoms with Gasteiger partial charge in [0.2, 0.25) is 0 Å². The monoisotopic (exact) mass is 480 g/mol. The van der Waals surface area contributed by atoms with E-state index >= 15 is 0 Å². The number of amides is 1. The van der Waals surface area contributed by atoms with Crippen LogP contribution in [-0.4, -0.2) is 25.6 Å². The van der Waals surface area contributed by atoms with E-state index in [9.17, 15) is 14.9 Å². The van der Waals surface area contributed by atoms with Crippen LogP contribution in [0.1, 0.15) is 27.7 Å². The molecular formula is C25H21ClN2O4S. The maximum absolute atomic E-state index is 12.9. The SMILES string of the molecule is CCOc1ccc(/C=C(\C#N)C(=O)Nc2sc(C)c(-c3cccc(Cl)c3)c2C(=O)OC)cc1. The van der Waals surface area contributed by atoms with Crippen LogP contribution in [0.15, 0.2) is 54.1 Å². The van der Waals surface area contributed by atoms with Crippen LogP contribution in [0, 0.1) is 18.3 Å². The number of benzene rings is 2. The Morgan fingerprint density at radius 2 is 1.94 bits per heavy atom. The van der Waals surface area contributed by atoms with E-state index in [1.165, 1.54) is 24.5 Å². The summed E-state index contributed by atoms with van der Waals surface area (Å²) in [5.41, 5.74) is 2.13. The zero-order valence-electron chi connectivity index (χ0n) is 18.3. The van der Waals surface area contributed by atoms with Gasteiger partial charge in [-0.1, -0.05) is 35.9 Å². The molecule has 0 aliphatic heterocycles. The predicted molar refractivity (Wildman–Crippen MR) is 131 cm³/mol. The Hall–Kier alpha value is -3.60. The highest BCUT2D eigenvalue weighted by molar-refractivity contribution is 7.17. The molecule has 3 aromatic rings. The van der Waals surface area contributed by atoms with Crippen molar-refractivity contribution in [2.24, 2.45) is 0 Å². The van der Waals surface area contributed by atoms with Crippen molar-refractivity contribution in [3.05, 3.63) is 75.1 Å². The topological polar surface area (TPSA) is 88.4 Å². The number of rotatable bonds is 7. The number of ether oxygens (including phenoxy) is 2. The van der Waals surface area contributed by atoms with Gasteiger partial charge in [0, 0.05) is 15.5 Å². The van der Waals surface area contributed by atoms with Gasteiger partial charge in [0.05, 0.1) is 13.7 Å². The van der Waals surface area contributed by atoms with Crippen LogP contribution in [0.4, 0.5) is 5.00 Å². The summed E-state index contributed by atoms with van der Waals surface area (Å²) in [6, 6.07) is 16.0. The summed E-state index contributed by atoms with van der Waals surface area (Å²) in [5.74, 6) is -0.531. The van der Waals surface area contributed by atoms with Crippen molar-refractivity contribution in [1.82, 2.24) is 0 Å². The lowest BCUT2D eigenvalue weighted by Crippen LogP contribution is -2.15. The third-order valence-electron chi connectivity index (χ3n) is 4.68. The summed E-state index contributed by atoms with van der Waals surface area (Å²) < 4.78 is 10.4. The van der Waals surface area contributed by atoms with E-state index in [0.29, 0.717) is 33.5 Å². The van der Waals surface area contributed by atoms with Crippen molar-refractivity contribution in [3.63, 3.8) is 0 Å². The number of halogens is 1. The highest BCUT2D eigenvalue weighted by Gasteiger charge is 2.26. The van der Waals surface area contributed by atoms with Gasteiger partial charge < -0.3 is 14.8 Å². The summed E-state index contributed by atoms with van der Waals surface area (Å²) in [5, 5.41) is 13.1. The lowest BCUT2D eigenvalue weighted by molar-refractivity contribution is -0.112. The Morgan fingerprint density at radius 1 is 1.21 bits per heavy atom. The van der Waals surface area contributed by atoms with Crippen molar-refractivity contribution >= 4 is 45.9 Å². The molecule has 1 heterocycles. The number of anilines is 1. The number of thiophene rings is 1. The minimum absolute atomic E-state index is 0.106. The van der Waals surface area contributed by atoms with Gasteiger partial charge in [0.1, 0.15) is 28.0 Å². The minimum Gasteiger partial charge on any atom is -0.494 e. The third kappa shape index (κ3) is 5.61. The summed E-state index contributed by atoms with van der Waals surface area (Å²) in [6.07, 6.45) is 1.47. The van der Waals surface area contributed by atoms with Crippen molar-refractivity contribution in [1.29, 1.82) is 5.26 Å². The minimum atomic E-state index is -0.629. The average Bonchev–Trinajstić information content (AvgIpc) is 3.13. The fourth-order valence-corrected chi connectivity index (χ4v) is 4.48. The first-order valence-electron chi connectivity index (χ1n) is 10.0. The molecule has 0 atom stereocenters. The number of nitriles is 1. The van der Waals surface area contributed by atoms with E-state index in [1.807, 2.05) is 26.0 Å². The second-order valence-corrected chi connectivity index (χ2v) is 8.53. The molecule has 0 spiro atoms. The molecule has 0 radical (unpaired) electrons. The molecule has 0 saturated heterocycles. The maximum atomic E-state index is 12.9. The quantitative estimate of drug-likeness (QED) is 0.250. The van der Waals surface area contributed by atoms with E-state index < -0.39 is 11.9 Å². The molecule has 0 aliphatic carbocycles. The summed E-state index contributed by atoms with van der Waals surface area (Å²) >= 11 is 7.36. The molecule has 33 heavy (non-hydrogen) atoms. The predicted octanol–water partition coefficient (Wildman–Crippen LogP) is 6.11. The van der Waals surface area contributed by atoms with Gasteiger partial charge in [0.15, 0.2) is 0 Å². The van der Waals surface area contributed by atoms with Crippen LogP contribution in [0.3, 0.4) is 0 Å². The fourth-order valence-electron chi connectivity index (χ4n) is 3.23. The summed E-state index contributed by atoms with van der Waals surface area (Å²) in [6.45, 7) is 4.27. The number of carbonyl (C=O) groups is 2. The molecule has 1 aromatic heterocycles. The molecule has 2 aromatic carbocycles. The summed E-state index contributed by atoms with van der Waals surface area (Å²) in [7, 11) is 1.27. The van der Waals surface area contributed by atoms with Crippen LogP contribution in [0.25, 0.3) is 17.2 Å². The Bertz CT molecular complexity index is 1260. The fraction of sp³-hybridized carbons (Fsp3) is 0.160.